The Bertz CT molecular complexity index is 1480. The molecule has 8 unspecified atom stereocenters. The summed E-state index contributed by atoms with van der Waals surface area (Å²) in [5, 5.41) is 61.8. The van der Waals surface area contributed by atoms with Crippen LogP contribution in [0.3, 0.4) is 0 Å². The number of rotatable bonds is 14. The van der Waals surface area contributed by atoms with Gasteiger partial charge in [0.25, 0.3) is 0 Å². The molecule has 2 aliphatic carbocycles. The summed E-state index contributed by atoms with van der Waals surface area (Å²) < 4.78 is 5.54. The van der Waals surface area contributed by atoms with E-state index in [1.54, 1.807) is 0 Å². The van der Waals surface area contributed by atoms with E-state index in [1.165, 1.54) is 11.1 Å². The molecule has 2 saturated carbocycles. The number of benzene rings is 1. The number of aliphatic hydroxyl groups is 5. The smallest absolute Gasteiger partial charge is 0.145 e. The Morgan fingerprint density at radius 1 is 1.17 bits per heavy atom. The molecule has 2 bridgehead atoms. The minimum absolute atomic E-state index is 0.0168. The van der Waals surface area contributed by atoms with Gasteiger partial charge in [-0.15, -0.1) is 0 Å². The summed E-state index contributed by atoms with van der Waals surface area (Å²) in [5.74, 6) is -0.549. The molecule has 52 heavy (non-hydrogen) atoms. The monoisotopic (exact) mass is 720 g/mol. The maximum atomic E-state index is 12.5. The molecule has 1 heterocycles. The lowest BCUT2D eigenvalue weighted by Crippen LogP contribution is -2.61. The quantitative estimate of drug-likeness (QED) is 0.0471. The fourth-order valence-electron chi connectivity index (χ4n) is 9.34. The second-order valence-electron chi connectivity index (χ2n) is 15.5. The number of aliphatic hydroxyl groups excluding tert-OH is 4. The summed E-state index contributed by atoms with van der Waals surface area (Å²) in [5.41, 5.74) is 4.55. The number of fused-ring (bicyclic) bond motifs is 2. The summed E-state index contributed by atoms with van der Waals surface area (Å²) >= 11 is 0. The van der Waals surface area contributed by atoms with Crippen molar-refractivity contribution in [3.63, 3.8) is 0 Å². The maximum Gasteiger partial charge on any atom is 0.145 e. The van der Waals surface area contributed by atoms with Gasteiger partial charge in [0.15, 0.2) is 0 Å². The number of aldehydes is 1. The Morgan fingerprint density at radius 2 is 1.92 bits per heavy atom. The van der Waals surface area contributed by atoms with Crippen LogP contribution >= 0.6 is 0 Å². The molecule has 288 valence electrons. The van der Waals surface area contributed by atoms with Gasteiger partial charge >= 0.3 is 0 Å². The zero-order valence-electron chi connectivity index (χ0n) is 31.8. The van der Waals surface area contributed by atoms with Crippen molar-refractivity contribution in [2.75, 3.05) is 33.6 Å². The van der Waals surface area contributed by atoms with Gasteiger partial charge in [0.05, 0.1) is 18.3 Å². The zero-order chi connectivity index (χ0) is 37.9. The summed E-state index contributed by atoms with van der Waals surface area (Å²) in [6.45, 7) is 10.5. The third kappa shape index (κ3) is 9.68. The van der Waals surface area contributed by atoms with Crippen LogP contribution in [0.25, 0.3) is 0 Å². The van der Waals surface area contributed by atoms with E-state index in [1.807, 2.05) is 39.1 Å². The Kier molecular flexibility index (Phi) is 15.8. The number of allylic oxidation sites excluding steroid dienone is 7. The molecule has 0 amide bonds. The van der Waals surface area contributed by atoms with E-state index in [4.69, 9.17) is 4.74 Å². The van der Waals surface area contributed by atoms with Crippen molar-refractivity contribution in [2.45, 2.75) is 109 Å². The molecule has 1 aromatic rings. The molecule has 4 rings (SSSR count). The van der Waals surface area contributed by atoms with Crippen molar-refractivity contribution in [1.82, 2.24) is 10.6 Å². The van der Waals surface area contributed by atoms with Crippen LogP contribution in [0.1, 0.15) is 83.3 Å². The van der Waals surface area contributed by atoms with Crippen molar-refractivity contribution in [1.29, 1.82) is 0 Å². The van der Waals surface area contributed by atoms with Gasteiger partial charge in [0.2, 0.25) is 0 Å². The molecule has 1 spiro atoms. The summed E-state index contributed by atoms with van der Waals surface area (Å²) in [7, 11) is 1.85. The summed E-state index contributed by atoms with van der Waals surface area (Å²) in [6, 6.07) is 8.72. The number of hydrogen-bond donors (Lipinski definition) is 7. The normalized spacial score (nSPS) is 32.7. The molecule has 0 aromatic heterocycles. The predicted octanol–water partition coefficient (Wildman–Crippen LogP) is 4.84. The largest absolute Gasteiger partial charge is 0.396 e. The molecule has 9 nitrogen and oxygen atoms in total. The lowest BCUT2D eigenvalue weighted by Gasteiger charge is -2.57. The van der Waals surface area contributed by atoms with Gasteiger partial charge in [-0.2, -0.15) is 0 Å². The van der Waals surface area contributed by atoms with Crippen LogP contribution in [0.2, 0.25) is 0 Å². The first-order chi connectivity index (χ1) is 24.9. The van der Waals surface area contributed by atoms with E-state index in [-0.39, 0.29) is 37.0 Å². The fraction of sp³-hybridized carbons (Fsp3) is 0.605. The highest BCUT2D eigenvalue weighted by Gasteiger charge is 2.65. The van der Waals surface area contributed by atoms with Crippen LogP contribution in [0.15, 0.2) is 83.0 Å². The number of hydrogen-bond acceptors (Lipinski definition) is 9. The van der Waals surface area contributed by atoms with Gasteiger partial charge in [-0.1, -0.05) is 66.3 Å². The molecule has 1 aliphatic heterocycles. The molecular weight excluding hydrogens is 656 g/mol. The molecule has 2 fully saturated rings. The third-order valence-electron chi connectivity index (χ3n) is 12.2. The van der Waals surface area contributed by atoms with E-state index in [0.717, 1.165) is 41.4 Å². The molecule has 8 atom stereocenters. The topological polar surface area (TPSA) is 152 Å². The number of ether oxygens (including phenoxy) is 1. The average Bonchev–Trinajstić information content (AvgIpc) is 3.47. The van der Waals surface area contributed by atoms with Gasteiger partial charge in [0, 0.05) is 24.0 Å². The van der Waals surface area contributed by atoms with Gasteiger partial charge < -0.3 is 35.6 Å². The second-order valence-corrected chi connectivity index (χ2v) is 15.5. The Labute approximate surface area is 311 Å². The molecule has 1 aromatic carbocycles. The van der Waals surface area contributed by atoms with Crippen LogP contribution in [-0.4, -0.2) is 89.4 Å². The molecule has 9 heteroatoms. The maximum absolute atomic E-state index is 12.5. The molecular formula is C43H64N2O7. The average molecular weight is 721 g/mol. The fourth-order valence-corrected chi connectivity index (χ4v) is 9.34. The predicted molar refractivity (Wildman–Crippen MR) is 206 cm³/mol. The van der Waals surface area contributed by atoms with Gasteiger partial charge in [-0.25, -0.2) is 0 Å². The summed E-state index contributed by atoms with van der Waals surface area (Å²) in [6.07, 6.45) is 13.1. The van der Waals surface area contributed by atoms with Crippen molar-refractivity contribution in [3.8, 4) is 0 Å². The van der Waals surface area contributed by atoms with Crippen LogP contribution in [-0.2, 0) is 22.4 Å². The first kappa shape index (κ1) is 42.0. The van der Waals surface area contributed by atoms with E-state index >= 15 is 0 Å². The molecule has 7 N–H and O–H groups in total. The third-order valence-corrected chi connectivity index (χ3v) is 12.2. The van der Waals surface area contributed by atoms with Crippen LogP contribution < -0.4 is 10.6 Å². The number of nitrogens with one attached hydrogen (secondary N) is 2. The minimum atomic E-state index is -1.19. The lowest BCUT2D eigenvalue weighted by molar-refractivity contribution is -0.180. The highest BCUT2D eigenvalue weighted by atomic mass is 16.6. The second kappa shape index (κ2) is 19.6. The highest BCUT2D eigenvalue weighted by Crippen LogP contribution is 2.64. The minimum Gasteiger partial charge on any atom is -0.396 e. The Hall–Kier alpha value is -2.73. The van der Waals surface area contributed by atoms with E-state index < -0.39 is 30.1 Å². The van der Waals surface area contributed by atoms with E-state index in [0.29, 0.717) is 63.5 Å². The van der Waals surface area contributed by atoms with Gasteiger partial charge in [0.1, 0.15) is 19.3 Å². The highest BCUT2D eigenvalue weighted by molar-refractivity contribution is 5.74. The number of carbonyl (C=O) groups excluding carboxylic acids is 1. The van der Waals surface area contributed by atoms with Crippen LogP contribution in [0.4, 0.5) is 0 Å². The standard InChI is InChI=1S/C43H64N2O7/c1-29(35-15-14-30(2)41(50)45-32(4)23-33-10-7-11-34(24-33)25-35)9-6-12-36(27-52-28-48)38-17-19-43(40(38)49)39(13-8-22-46)37(31(3)26-47)16-18-42(43,51)20-21-44-5/h6-7,9-12,14,24,26,32,35,38-41,44-46,48-51H,1,8,13,15-23,25,27-28H2,2-5H3. The molecule has 0 radical (unpaired) electrons. The number of carbonyl (C=O) groups is 1. The van der Waals surface area contributed by atoms with Crippen LogP contribution in [0.5, 0.6) is 0 Å². The van der Waals surface area contributed by atoms with Crippen molar-refractivity contribution >= 4 is 6.29 Å². The van der Waals surface area contributed by atoms with Gasteiger partial charge in [-0.3, -0.25) is 10.1 Å². The first-order valence-corrected chi connectivity index (χ1v) is 19.2. The van der Waals surface area contributed by atoms with Crippen molar-refractivity contribution < 1.29 is 35.1 Å². The Balaban J connectivity index is 1.67. The molecule has 0 saturated heterocycles. The Morgan fingerprint density at radius 3 is 2.62 bits per heavy atom. The molecule has 3 aliphatic rings. The van der Waals surface area contributed by atoms with Crippen molar-refractivity contribution in [2.24, 2.45) is 23.2 Å². The zero-order valence-corrected chi connectivity index (χ0v) is 31.8. The van der Waals surface area contributed by atoms with E-state index in [2.05, 4.69) is 54.5 Å². The summed E-state index contributed by atoms with van der Waals surface area (Å²) in [4.78, 5) is 12.1. The first-order valence-electron chi connectivity index (χ1n) is 19.2. The SMILES string of the molecule is C=C(C=CC=C(COCO)C1CCC2(C(CCCO)C(=C(C)C=O)CCC2(O)CCNC)C1O)C1CC=C(C)C(O)NC(C)Cc2cccc(c2)C1. The van der Waals surface area contributed by atoms with E-state index in [9.17, 15) is 30.3 Å². The van der Waals surface area contributed by atoms with Gasteiger partial charge in [-0.05, 0) is 138 Å². The lowest BCUT2D eigenvalue weighted by atomic mass is 9.51. The van der Waals surface area contributed by atoms with Crippen molar-refractivity contribution in [3.05, 3.63) is 94.1 Å². The van der Waals surface area contributed by atoms with Crippen LogP contribution in [0, 0.1) is 23.2 Å².